The van der Waals surface area contributed by atoms with Crippen molar-refractivity contribution in [2.24, 2.45) is 5.73 Å². The lowest BCUT2D eigenvalue weighted by atomic mass is 10.2. The molecule has 0 unspecified atom stereocenters. The number of fused-ring (bicyclic) bond motifs is 1. The lowest BCUT2D eigenvalue weighted by Gasteiger charge is -2.20. The van der Waals surface area contributed by atoms with Crippen molar-refractivity contribution in [3.63, 3.8) is 0 Å². The van der Waals surface area contributed by atoms with Crippen molar-refractivity contribution in [2.75, 3.05) is 0 Å². The van der Waals surface area contributed by atoms with E-state index in [1.54, 1.807) is 12.1 Å². The molecule has 1 saturated carbocycles. The van der Waals surface area contributed by atoms with E-state index in [2.05, 4.69) is 9.97 Å². The number of nitrogens with zero attached hydrogens (tertiary/aromatic N) is 3. The number of benzene rings is 1. The van der Waals surface area contributed by atoms with Crippen molar-refractivity contribution < 1.29 is 14.9 Å². The van der Waals surface area contributed by atoms with Gasteiger partial charge < -0.3 is 25.3 Å². The number of rotatable bonds is 4. The summed E-state index contributed by atoms with van der Waals surface area (Å²) in [6.45, 7) is 2.11. The second-order valence-electron chi connectivity index (χ2n) is 6.94. The molecule has 0 radical (unpaired) electrons. The van der Waals surface area contributed by atoms with Gasteiger partial charge in [0.1, 0.15) is 36.0 Å². The molecule has 1 aliphatic rings. The summed E-state index contributed by atoms with van der Waals surface area (Å²) in [6, 6.07) is 4.74. The minimum atomic E-state index is -1.08. The minimum Gasteiger partial charge on any atom is -0.487 e. The van der Waals surface area contributed by atoms with Crippen LogP contribution < -0.4 is 10.5 Å². The van der Waals surface area contributed by atoms with E-state index in [-0.39, 0.29) is 6.54 Å². The summed E-state index contributed by atoms with van der Waals surface area (Å²) in [7, 11) is 0. The number of aliphatic hydroxyl groups is 2. The minimum absolute atomic E-state index is 0.208. The van der Waals surface area contributed by atoms with Crippen LogP contribution in [0, 0.1) is 6.92 Å². The molecule has 9 heteroatoms. The summed E-state index contributed by atoms with van der Waals surface area (Å²) in [5, 5.41) is 22.9. The Balaban J connectivity index is 1.63. The lowest BCUT2D eigenvalue weighted by Crippen LogP contribution is -2.34. The van der Waals surface area contributed by atoms with E-state index in [9.17, 15) is 10.2 Å². The van der Waals surface area contributed by atoms with Crippen LogP contribution in [0.3, 0.4) is 0 Å². The van der Waals surface area contributed by atoms with Gasteiger partial charge in [-0.05, 0) is 19.1 Å². The van der Waals surface area contributed by atoms with Gasteiger partial charge in [-0.15, -0.1) is 0 Å². The zero-order chi connectivity index (χ0) is 20.0. The maximum absolute atomic E-state index is 10.7. The van der Waals surface area contributed by atoms with Gasteiger partial charge in [-0.25, -0.2) is 9.97 Å². The third-order valence-corrected chi connectivity index (χ3v) is 5.99. The van der Waals surface area contributed by atoms with Crippen molar-refractivity contribution in [3.8, 4) is 5.75 Å². The summed E-state index contributed by atoms with van der Waals surface area (Å²) in [5.74, 6) is 0.448. The van der Waals surface area contributed by atoms with E-state index in [1.807, 2.05) is 23.8 Å². The fraction of sp³-hybridized carbons (Fsp3) is 0.368. The highest BCUT2D eigenvalue weighted by atomic mass is 35.5. The Bertz CT molecular complexity index is 1030. The van der Waals surface area contributed by atoms with Crippen LogP contribution in [0.15, 0.2) is 30.7 Å². The summed E-state index contributed by atoms with van der Waals surface area (Å²) >= 11 is 12.1. The van der Waals surface area contributed by atoms with Crippen molar-refractivity contribution in [3.05, 3.63) is 52.0 Å². The van der Waals surface area contributed by atoms with E-state index in [4.69, 9.17) is 33.7 Å². The molecule has 2 heterocycles. The Morgan fingerprint density at radius 3 is 2.71 bits per heavy atom. The molecule has 4 atom stereocenters. The van der Waals surface area contributed by atoms with Gasteiger partial charge in [0.25, 0.3) is 0 Å². The van der Waals surface area contributed by atoms with Gasteiger partial charge in [-0.2, -0.15) is 0 Å². The number of aliphatic hydroxyl groups excluding tert-OH is 2. The van der Waals surface area contributed by atoms with E-state index >= 15 is 0 Å². The van der Waals surface area contributed by atoms with Gasteiger partial charge >= 0.3 is 0 Å². The van der Waals surface area contributed by atoms with Gasteiger partial charge in [0.15, 0.2) is 0 Å². The molecule has 1 aliphatic carbocycles. The molecule has 4 N–H and O–H groups in total. The molecule has 0 bridgehead atoms. The quantitative estimate of drug-likeness (QED) is 0.596. The highest BCUT2D eigenvalue weighted by Gasteiger charge is 2.44. The molecule has 7 nitrogen and oxygen atoms in total. The van der Waals surface area contributed by atoms with E-state index in [1.165, 1.54) is 6.33 Å². The first kappa shape index (κ1) is 19.4. The molecule has 28 heavy (non-hydrogen) atoms. The average Bonchev–Trinajstić information content (AvgIpc) is 3.22. The van der Waals surface area contributed by atoms with Crippen LogP contribution in [-0.2, 0) is 6.54 Å². The van der Waals surface area contributed by atoms with E-state index in [0.717, 1.165) is 11.1 Å². The summed E-state index contributed by atoms with van der Waals surface area (Å²) in [4.78, 5) is 8.52. The van der Waals surface area contributed by atoms with Gasteiger partial charge in [-0.3, -0.25) is 0 Å². The van der Waals surface area contributed by atoms with E-state index in [0.29, 0.717) is 33.4 Å². The van der Waals surface area contributed by atoms with Gasteiger partial charge in [-0.1, -0.05) is 23.2 Å². The number of hydrogen-bond acceptors (Lipinski definition) is 6. The Morgan fingerprint density at radius 1 is 1.21 bits per heavy atom. The van der Waals surface area contributed by atoms with Crippen molar-refractivity contribution in [2.45, 2.75) is 44.2 Å². The molecule has 0 spiro atoms. The molecule has 148 valence electrons. The molecule has 0 saturated heterocycles. The summed E-state index contributed by atoms with van der Waals surface area (Å²) < 4.78 is 7.86. The van der Waals surface area contributed by atoms with Crippen molar-refractivity contribution >= 4 is 34.2 Å². The van der Waals surface area contributed by atoms with Crippen molar-refractivity contribution in [1.29, 1.82) is 0 Å². The first-order valence-electron chi connectivity index (χ1n) is 8.89. The third kappa shape index (κ3) is 3.23. The molecule has 0 amide bonds. The molecule has 1 fully saturated rings. The number of ether oxygens (including phenoxy) is 1. The van der Waals surface area contributed by atoms with Crippen LogP contribution in [0.5, 0.6) is 5.75 Å². The number of hydrogen-bond donors (Lipinski definition) is 3. The predicted octanol–water partition coefficient (Wildman–Crippen LogP) is 2.62. The van der Waals surface area contributed by atoms with Gasteiger partial charge in [0, 0.05) is 36.2 Å². The Hall–Kier alpha value is -1.90. The molecule has 2 aromatic heterocycles. The Kier molecular flexibility index (Phi) is 5.20. The maximum Gasteiger partial charge on any atom is 0.143 e. The second-order valence-corrected chi connectivity index (χ2v) is 7.75. The number of aryl methyl sites for hydroxylation is 1. The Labute approximate surface area is 171 Å². The smallest absolute Gasteiger partial charge is 0.143 e. The SMILES string of the molecule is Cc1ncnc2c1ccn2[C@@H]1C[C@H](Oc2cc(Cl)c(Cl)cc2CN)[C@@H](O)[C@H]1O. The number of halogens is 2. The first-order chi connectivity index (χ1) is 13.4. The van der Waals surface area contributed by atoms with Crippen LogP contribution >= 0.6 is 23.2 Å². The normalized spacial score (nSPS) is 24.8. The third-order valence-electron chi connectivity index (χ3n) is 5.27. The summed E-state index contributed by atoms with van der Waals surface area (Å²) in [6.07, 6.45) is 0.996. The fourth-order valence-electron chi connectivity index (χ4n) is 3.73. The molecule has 3 aromatic rings. The van der Waals surface area contributed by atoms with Gasteiger partial charge in [0.05, 0.1) is 21.8 Å². The second kappa shape index (κ2) is 7.50. The van der Waals surface area contributed by atoms with Crippen LogP contribution in [0.25, 0.3) is 11.0 Å². The van der Waals surface area contributed by atoms with Crippen LogP contribution in [0.4, 0.5) is 0 Å². The molecule has 0 aliphatic heterocycles. The Morgan fingerprint density at radius 2 is 1.96 bits per heavy atom. The van der Waals surface area contributed by atoms with Gasteiger partial charge in [0.2, 0.25) is 0 Å². The summed E-state index contributed by atoms with van der Waals surface area (Å²) in [5.41, 5.74) is 8.01. The molecule has 1 aromatic carbocycles. The number of aromatic nitrogens is 3. The fourth-order valence-corrected chi connectivity index (χ4v) is 4.07. The predicted molar refractivity (Wildman–Crippen MR) is 107 cm³/mol. The van der Waals surface area contributed by atoms with E-state index < -0.39 is 24.4 Å². The van der Waals surface area contributed by atoms with Crippen LogP contribution in [0.2, 0.25) is 10.0 Å². The topological polar surface area (TPSA) is 106 Å². The standard InChI is InChI=1S/C19H20Cl2N4O3/c1-9-11-2-3-25(19(11)24-8-23-9)14-6-16(18(27)17(14)26)28-15-5-13(21)12(20)4-10(15)7-22/h2-5,8,14,16-18,26-27H,6-7,22H2,1H3/t14-,16+,17+,18-/m1/s1. The molecular weight excluding hydrogens is 403 g/mol. The van der Waals surface area contributed by atoms with Crippen LogP contribution in [-0.4, -0.2) is 43.1 Å². The zero-order valence-electron chi connectivity index (χ0n) is 15.1. The average molecular weight is 423 g/mol. The largest absolute Gasteiger partial charge is 0.487 e. The van der Waals surface area contributed by atoms with Crippen LogP contribution in [0.1, 0.15) is 23.7 Å². The highest BCUT2D eigenvalue weighted by molar-refractivity contribution is 6.42. The van der Waals surface area contributed by atoms with Crippen molar-refractivity contribution in [1.82, 2.24) is 14.5 Å². The lowest BCUT2D eigenvalue weighted by molar-refractivity contribution is -0.0165. The zero-order valence-corrected chi connectivity index (χ0v) is 16.6. The first-order valence-corrected chi connectivity index (χ1v) is 9.65. The molecular formula is C19H20Cl2N4O3. The molecule has 4 rings (SSSR count). The number of nitrogens with two attached hydrogens (primary N) is 1. The maximum atomic E-state index is 10.7. The monoisotopic (exact) mass is 422 g/mol. The highest BCUT2D eigenvalue weighted by Crippen LogP contribution is 2.38.